The van der Waals surface area contributed by atoms with E-state index in [9.17, 15) is 4.79 Å². The number of amides is 1. The Labute approximate surface area is 158 Å². The average Bonchev–Trinajstić information content (AvgIpc) is 2.73. The van der Waals surface area contributed by atoms with Gasteiger partial charge >= 0.3 is 0 Å². The number of benzene rings is 2. The van der Waals surface area contributed by atoms with Gasteiger partial charge in [0, 0.05) is 12.1 Å². The molecule has 0 bridgehead atoms. The third-order valence-electron chi connectivity index (χ3n) is 4.03. The third-order valence-corrected chi connectivity index (χ3v) is 4.03. The molecule has 27 heavy (non-hydrogen) atoms. The van der Waals surface area contributed by atoms with Crippen molar-refractivity contribution in [3.63, 3.8) is 0 Å². The van der Waals surface area contributed by atoms with Gasteiger partial charge in [-0.2, -0.15) is 0 Å². The maximum absolute atomic E-state index is 12.3. The average molecular weight is 362 g/mol. The lowest BCUT2D eigenvalue weighted by molar-refractivity contribution is 0.102. The first-order valence-corrected chi connectivity index (χ1v) is 8.81. The van der Waals surface area contributed by atoms with Crippen molar-refractivity contribution < 1.29 is 9.53 Å². The van der Waals surface area contributed by atoms with Crippen LogP contribution in [-0.4, -0.2) is 29.8 Å². The molecule has 0 saturated heterocycles. The minimum atomic E-state index is -0.258. The summed E-state index contributed by atoms with van der Waals surface area (Å²) in [7, 11) is 1.56. The smallest absolute Gasteiger partial charge is 0.256 e. The lowest BCUT2D eigenvalue weighted by Gasteiger charge is -2.07. The quantitative estimate of drug-likeness (QED) is 0.597. The van der Waals surface area contributed by atoms with Gasteiger partial charge in [-0.05, 0) is 48.7 Å². The Kier molecular flexibility index (Phi) is 6.35. The molecule has 0 radical (unpaired) electrons. The number of nitrogens with zero attached hydrogens (tertiary/aromatic N) is 2. The molecular weight excluding hydrogens is 340 g/mol. The second-order valence-electron chi connectivity index (χ2n) is 6.01. The van der Waals surface area contributed by atoms with Crippen molar-refractivity contribution in [2.24, 2.45) is 0 Å². The SMILES string of the molecule is COc1cccc(C(=O)Nc2ccc(NCCCc3ccccc3)nn2)c1. The Balaban J connectivity index is 1.47. The molecule has 0 saturated carbocycles. The second-order valence-corrected chi connectivity index (χ2v) is 6.01. The molecule has 0 aliphatic heterocycles. The summed E-state index contributed by atoms with van der Waals surface area (Å²) in [5.41, 5.74) is 1.82. The molecule has 2 N–H and O–H groups in total. The first-order valence-electron chi connectivity index (χ1n) is 8.81. The molecular formula is C21H22N4O2. The van der Waals surface area contributed by atoms with Gasteiger partial charge < -0.3 is 15.4 Å². The van der Waals surface area contributed by atoms with E-state index in [-0.39, 0.29) is 5.91 Å². The molecule has 0 atom stereocenters. The van der Waals surface area contributed by atoms with Gasteiger partial charge in [0.15, 0.2) is 5.82 Å². The molecule has 1 aromatic heterocycles. The van der Waals surface area contributed by atoms with E-state index in [0.29, 0.717) is 22.9 Å². The Hall–Kier alpha value is -3.41. The van der Waals surface area contributed by atoms with Crippen LogP contribution in [0.2, 0.25) is 0 Å². The van der Waals surface area contributed by atoms with Crippen LogP contribution in [0.3, 0.4) is 0 Å². The Morgan fingerprint density at radius 2 is 1.74 bits per heavy atom. The number of rotatable bonds is 8. The van der Waals surface area contributed by atoms with Crippen LogP contribution in [0.4, 0.5) is 11.6 Å². The summed E-state index contributed by atoms with van der Waals surface area (Å²) in [6.07, 6.45) is 2.01. The first-order chi connectivity index (χ1) is 13.2. The lowest BCUT2D eigenvalue weighted by atomic mass is 10.1. The van der Waals surface area contributed by atoms with Gasteiger partial charge in [-0.25, -0.2) is 0 Å². The van der Waals surface area contributed by atoms with Crippen LogP contribution in [-0.2, 0) is 6.42 Å². The molecule has 0 aliphatic carbocycles. The number of nitrogens with one attached hydrogen (secondary N) is 2. The fourth-order valence-corrected chi connectivity index (χ4v) is 2.60. The van der Waals surface area contributed by atoms with Gasteiger partial charge in [-0.15, -0.1) is 10.2 Å². The van der Waals surface area contributed by atoms with Crippen molar-refractivity contribution in [1.29, 1.82) is 0 Å². The van der Waals surface area contributed by atoms with Crippen molar-refractivity contribution >= 4 is 17.5 Å². The molecule has 6 heteroatoms. The van der Waals surface area contributed by atoms with E-state index < -0.39 is 0 Å². The molecule has 0 spiro atoms. The monoisotopic (exact) mass is 362 g/mol. The number of aromatic nitrogens is 2. The van der Waals surface area contributed by atoms with Gasteiger partial charge in [0.25, 0.3) is 5.91 Å². The van der Waals surface area contributed by atoms with Gasteiger partial charge in [-0.3, -0.25) is 4.79 Å². The van der Waals surface area contributed by atoms with E-state index >= 15 is 0 Å². The van der Waals surface area contributed by atoms with Crippen LogP contribution in [0.5, 0.6) is 5.75 Å². The molecule has 6 nitrogen and oxygen atoms in total. The van der Waals surface area contributed by atoms with Crippen LogP contribution in [0.1, 0.15) is 22.3 Å². The highest BCUT2D eigenvalue weighted by molar-refractivity contribution is 6.03. The van der Waals surface area contributed by atoms with Crippen molar-refractivity contribution in [2.45, 2.75) is 12.8 Å². The van der Waals surface area contributed by atoms with Crippen molar-refractivity contribution in [2.75, 3.05) is 24.3 Å². The third kappa shape index (κ3) is 5.54. The fourth-order valence-electron chi connectivity index (χ4n) is 2.60. The number of methoxy groups -OCH3 is 1. The summed E-state index contributed by atoms with van der Waals surface area (Å²) in [6.45, 7) is 0.805. The molecule has 1 amide bonds. The summed E-state index contributed by atoms with van der Waals surface area (Å²) in [6, 6.07) is 20.8. The Morgan fingerprint density at radius 1 is 0.963 bits per heavy atom. The molecule has 0 unspecified atom stereocenters. The predicted molar refractivity (Wildman–Crippen MR) is 106 cm³/mol. The van der Waals surface area contributed by atoms with Crippen molar-refractivity contribution in [3.05, 3.63) is 77.9 Å². The summed E-state index contributed by atoms with van der Waals surface area (Å²) >= 11 is 0. The number of anilines is 2. The topological polar surface area (TPSA) is 76.1 Å². The van der Waals surface area contributed by atoms with E-state index in [1.165, 1.54) is 5.56 Å². The van der Waals surface area contributed by atoms with Gasteiger partial charge in [0.1, 0.15) is 11.6 Å². The Morgan fingerprint density at radius 3 is 2.48 bits per heavy atom. The molecule has 1 heterocycles. The van der Waals surface area contributed by atoms with E-state index in [4.69, 9.17) is 4.74 Å². The van der Waals surface area contributed by atoms with Gasteiger partial charge in [0.05, 0.1) is 7.11 Å². The zero-order chi connectivity index (χ0) is 18.9. The highest BCUT2D eigenvalue weighted by atomic mass is 16.5. The summed E-state index contributed by atoms with van der Waals surface area (Å²) < 4.78 is 5.13. The highest BCUT2D eigenvalue weighted by Crippen LogP contribution is 2.14. The van der Waals surface area contributed by atoms with Crippen LogP contribution in [0.15, 0.2) is 66.7 Å². The van der Waals surface area contributed by atoms with Gasteiger partial charge in [-0.1, -0.05) is 36.4 Å². The minimum Gasteiger partial charge on any atom is -0.497 e. The van der Waals surface area contributed by atoms with Crippen LogP contribution in [0, 0.1) is 0 Å². The van der Waals surface area contributed by atoms with Crippen molar-refractivity contribution in [3.8, 4) is 5.75 Å². The summed E-state index contributed by atoms with van der Waals surface area (Å²) in [5.74, 6) is 1.45. The number of carbonyl (C=O) groups excluding carboxylic acids is 1. The highest BCUT2D eigenvalue weighted by Gasteiger charge is 2.08. The van der Waals surface area contributed by atoms with Crippen LogP contribution in [0.25, 0.3) is 0 Å². The second kappa shape index (κ2) is 9.33. The summed E-state index contributed by atoms with van der Waals surface area (Å²) in [5, 5.41) is 14.1. The van der Waals surface area contributed by atoms with E-state index in [1.54, 1.807) is 43.5 Å². The van der Waals surface area contributed by atoms with Gasteiger partial charge in [0.2, 0.25) is 0 Å². The normalized spacial score (nSPS) is 10.3. The van der Waals surface area contributed by atoms with E-state index in [0.717, 1.165) is 19.4 Å². The molecule has 138 valence electrons. The molecule has 3 aromatic rings. The Bertz CT molecular complexity index is 867. The van der Waals surface area contributed by atoms with E-state index in [1.807, 2.05) is 18.2 Å². The molecule has 0 aliphatic rings. The summed E-state index contributed by atoms with van der Waals surface area (Å²) in [4.78, 5) is 12.3. The zero-order valence-corrected chi connectivity index (χ0v) is 15.2. The first kappa shape index (κ1) is 18.4. The molecule has 0 fully saturated rings. The van der Waals surface area contributed by atoms with Crippen LogP contribution < -0.4 is 15.4 Å². The van der Waals surface area contributed by atoms with E-state index in [2.05, 4.69) is 33.0 Å². The predicted octanol–water partition coefficient (Wildman–Crippen LogP) is 3.78. The maximum atomic E-state index is 12.3. The number of hydrogen-bond acceptors (Lipinski definition) is 5. The standard InChI is InChI=1S/C21H22N4O2/c1-27-18-11-5-10-17(15-18)21(26)23-20-13-12-19(24-25-20)22-14-6-9-16-7-3-2-4-8-16/h2-5,7-8,10-13,15H,6,9,14H2,1H3,(H,22,24)(H,23,25,26). The number of hydrogen-bond donors (Lipinski definition) is 2. The number of aryl methyl sites for hydroxylation is 1. The number of carbonyl (C=O) groups is 1. The van der Waals surface area contributed by atoms with Crippen LogP contribution >= 0.6 is 0 Å². The fraction of sp³-hybridized carbons (Fsp3) is 0.190. The molecule has 2 aromatic carbocycles. The lowest BCUT2D eigenvalue weighted by Crippen LogP contribution is -2.14. The molecule has 3 rings (SSSR count). The zero-order valence-electron chi connectivity index (χ0n) is 15.2. The largest absolute Gasteiger partial charge is 0.497 e. The minimum absolute atomic E-state index is 0.258. The van der Waals surface area contributed by atoms with Crippen molar-refractivity contribution in [1.82, 2.24) is 10.2 Å². The maximum Gasteiger partial charge on any atom is 0.256 e. The number of ether oxygens (including phenoxy) is 1.